The van der Waals surface area contributed by atoms with Gasteiger partial charge in [0.25, 0.3) is 0 Å². The third-order valence-electron chi connectivity index (χ3n) is 1.38. The summed E-state index contributed by atoms with van der Waals surface area (Å²) >= 11 is 0. The van der Waals surface area contributed by atoms with Gasteiger partial charge in [-0.15, -0.1) is 0 Å². The van der Waals surface area contributed by atoms with Crippen molar-refractivity contribution in [2.45, 2.75) is 19.0 Å². The van der Waals surface area contributed by atoms with Gasteiger partial charge >= 0.3 is 12.1 Å². The van der Waals surface area contributed by atoms with Gasteiger partial charge < -0.3 is 10.4 Å². The van der Waals surface area contributed by atoms with Gasteiger partial charge in [0.1, 0.15) is 0 Å². The molecular formula is C8H12F3NO2. The predicted octanol–water partition coefficient (Wildman–Crippen LogP) is 1.56. The minimum Gasteiger partial charge on any atom is -0.475 e. The van der Waals surface area contributed by atoms with Gasteiger partial charge in [0.15, 0.2) is 0 Å². The number of hydrogen-bond donors (Lipinski definition) is 2. The smallest absolute Gasteiger partial charge is 0.475 e. The number of carboxylic acids is 1. The Balaban J connectivity index is 0.000000241. The average molecular weight is 211 g/mol. The van der Waals surface area contributed by atoms with Crippen LogP contribution in [-0.2, 0) is 4.79 Å². The molecule has 82 valence electrons. The molecule has 1 aliphatic rings. The van der Waals surface area contributed by atoms with E-state index in [2.05, 4.69) is 17.5 Å². The van der Waals surface area contributed by atoms with Gasteiger partial charge in [0.2, 0.25) is 0 Å². The van der Waals surface area contributed by atoms with Crippen molar-refractivity contribution in [1.29, 1.82) is 0 Å². The Hall–Kier alpha value is -1.04. The zero-order valence-corrected chi connectivity index (χ0v) is 7.47. The Labute approximate surface area is 79.6 Å². The van der Waals surface area contributed by atoms with Crippen molar-refractivity contribution in [1.82, 2.24) is 5.32 Å². The van der Waals surface area contributed by atoms with Crippen LogP contribution in [0.15, 0.2) is 12.2 Å². The standard InChI is InChI=1S/C6H11N.C2HF3O2/c1-2-4-6-7-5-3-1;3-2(4,5)1(6)7/h1-2,7H,3-6H2;(H,6,7). The van der Waals surface area contributed by atoms with E-state index in [1.165, 1.54) is 12.8 Å². The first kappa shape index (κ1) is 13.0. The molecule has 0 atom stereocenters. The van der Waals surface area contributed by atoms with E-state index in [1.807, 2.05) is 0 Å². The van der Waals surface area contributed by atoms with Crippen molar-refractivity contribution in [3.05, 3.63) is 12.2 Å². The summed E-state index contributed by atoms with van der Waals surface area (Å²) in [5, 5.41) is 10.4. The van der Waals surface area contributed by atoms with Crippen LogP contribution < -0.4 is 5.32 Å². The van der Waals surface area contributed by atoms with Crippen LogP contribution in [0.3, 0.4) is 0 Å². The van der Waals surface area contributed by atoms with Gasteiger partial charge in [-0.05, 0) is 25.9 Å². The Morgan fingerprint density at radius 3 is 1.86 bits per heavy atom. The number of nitrogens with one attached hydrogen (secondary N) is 1. The lowest BCUT2D eigenvalue weighted by atomic mass is 10.4. The maximum atomic E-state index is 10.6. The lowest BCUT2D eigenvalue weighted by Crippen LogP contribution is -2.21. The summed E-state index contributed by atoms with van der Waals surface area (Å²) in [4.78, 5) is 8.90. The van der Waals surface area contributed by atoms with E-state index in [9.17, 15) is 13.2 Å². The lowest BCUT2D eigenvalue weighted by Gasteiger charge is -1.93. The molecular weight excluding hydrogens is 199 g/mol. The van der Waals surface area contributed by atoms with Crippen molar-refractivity contribution in [2.24, 2.45) is 0 Å². The van der Waals surface area contributed by atoms with E-state index in [4.69, 9.17) is 9.90 Å². The number of aliphatic carboxylic acids is 1. The minimum absolute atomic E-state index is 1.16. The van der Waals surface area contributed by atoms with Gasteiger partial charge in [0.05, 0.1) is 0 Å². The Morgan fingerprint density at radius 2 is 1.57 bits per heavy atom. The Morgan fingerprint density at radius 1 is 1.21 bits per heavy atom. The topological polar surface area (TPSA) is 49.3 Å². The molecule has 0 saturated carbocycles. The van der Waals surface area contributed by atoms with Crippen LogP contribution >= 0.6 is 0 Å². The lowest BCUT2D eigenvalue weighted by molar-refractivity contribution is -0.192. The number of halogens is 3. The monoisotopic (exact) mass is 211 g/mol. The van der Waals surface area contributed by atoms with Gasteiger partial charge in [-0.2, -0.15) is 13.2 Å². The highest BCUT2D eigenvalue weighted by Gasteiger charge is 2.38. The molecule has 0 fully saturated rings. The molecule has 1 heterocycles. The molecule has 3 nitrogen and oxygen atoms in total. The minimum atomic E-state index is -5.08. The molecule has 1 rings (SSSR count). The molecule has 0 unspecified atom stereocenters. The molecule has 0 saturated heterocycles. The van der Waals surface area contributed by atoms with Gasteiger partial charge in [0, 0.05) is 0 Å². The van der Waals surface area contributed by atoms with Crippen molar-refractivity contribution in [3.63, 3.8) is 0 Å². The van der Waals surface area contributed by atoms with Crippen LogP contribution in [0.4, 0.5) is 13.2 Å². The number of alkyl halides is 3. The maximum Gasteiger partial charge on any atom is 0.490 e. The molecule has 0 radical (unpaired) electrons. The molecule has 0 amide bonds. The first-order valence-electron chi connectivity index (χ1n) is 4.10. The quantitative estimate of drug-likeness (QED) is 0.598. The first-order chi connectivity index (χ1) is 6.44. The van der Waals surface area contributed by atoms with Crippen molar-refractivity contribution >= 4 is 5.97 Å². The number of carbonyl (C=O) groups is 1. The molecule has 0 aromatic carbocycles. The number of hydrogen-bond acceptors (Lipinski definition) is 2. The van der Waals surface area contributed by atoms with Crippen LogP contribution in [0.2, 0.25) is 0 Å². The highest BCUT2D eigenvalue weighted by Crippen LogP contribution is 2.13. The van der Waals surface area contributed by atoms with Crippen LogP contribution in [0.1, 0.15) is 12.8 Å². The van der Waals surface area contributed by atoms with Crippen LogP contribution in [0.25, 0.3) is 0 Å². The summed E-state index contributed by atoms with van der Waals surface area (Å²) in [7, 11) is 0. The number of carboxylic acid groups (broad SMARTS) is 1. The van der Waals surface area contributed by atoms with Crippen LogP contribution in [-0.4, -0.2) is 30.3 Å². The van der Waals surface area contributed by atoms with E-state index in [-0.39, 0.29) is 0 Å². The van der Waals surface area contributed by atoms with Gasteiger partial charge in [-0.25, -0.2) is 4.79 Å². The van der Waals surface area contributed by atoms with Crippen LogP contribution in [0, 0.1) is 0 Å². The summed E-state index contributed by atoms with van der Waals surface area (Å²) in [6, 6.07) is 0. The molecule has 14 heavy (non-hydrogen) atoms. The third-order valence-corrected chi connectivity index (χ3v) is 1.38. The summed E-state index contributed by atoms with van der Waals surface area (Å²) in [6.07, 6.45) is 1.81. The molecule has 6 heteroatoms. The molecule has 2 N–H and O–H groups in total. The second-order valence-electron chi connectivity index (χ2n) is 2.60. The third kappa shape index (κ3) is 7.60. The van der Waals surface area contributed by atoms with Crippen molar-refractivity contribution in [3.8, 4) is 0 Å². The highest BCUT2D eigenvalue weighted by molar-refractivity contribution is 5.73. The first-order valence-corrected chi connectivity index (χ1v) is 4.10. The summed E-state index contributed by atoms with van der Waals surface area (Å²) < 4.78 is 31.7. The summed E-state index contributed by atoms with van der Waals surface area (Å²) in [5.74, 6) is -2.76. The molecule has 0 spiro atoms. The fraction of sp³-hybridized carbons (Fsp3) is 0.625. The normalized spacial score (nSPS) is 16.5. The zero-order valence-electron chi connectivity index (χ0n) is 7.47. The summed E-state index contributed by atoms with van der Waals surface area (Å²) in [5.41, 5.74) is 0. The predicted molar refractivity (Wildman–Crippen MR) is 44.9 cm³/mol. The fourth-order valence-corrected chi connectivity index (χ4v) is 0.731. The second kappa shape index (κ2) is 6.42. The molecule has 1 aliphatic heterocycles. The van der Waals surface area contributed by atoms with E-state index in [1.54, 1.807) is 0 Å². The number of rotatable bonds is 0. The second-order valence-corrected chi connectivity index (χ2v) is 2.60. The largest absolute Gasteiger partial charge is 0.490 e. The molecule has 0 aromatic rings. The SMILES string of the molecule is C1=CCCNCC1.O=C(O)C(F)(F)F. The molecule has 0 bridgehead atoms. The van der Waals surface area contributed by atoms with E-state index >= 15 is 0 Å². The Bertz CT molecular complexity index is 193. The maximum absolute atomic E-state index is 10.6. The van der Waals surface area contributed by atoms with E-state index < -0.39 is 12.1 Å². The zero-order chi connectivity index (χ0) is 11.0. The fourth-order valence-electron chi connectivity index (χ4n) is 0.731. The van der Waals surface area contributed by atoms with Crippen molar-refractivity contribution < 1.29 is 23.1 Å². The van der Waals surface area contributed by atoms with Gasteiger partial charge in [-0.1, -0.05) is 12.2 Å². The molecule has 0 aliphatic carbocycles. The van der Waals surface area contributed by atoms with Crippen molar-refractivity contribution in [2.75, 3.05) is 13.1 Å². The van der Waals surface area contributed by atoms with Gasteiger partial charge in [-0.3, -0.25) is 0 Å². The van der Waals surface area contributed by atoms with E-state index in [0.717, 1.165) is 13.1 Å². The van der Waals surface area contributed by atoms with E-state index in [0.29, 0.717) is 0 Å². The average Bonchev–Trinajstić information content (AvgIpc) is 2.33. The van der Waals surface area contributed by atoms with Crippen LogP contribution in [0.5, 0.6) is 0 Å². The summed E-state index contributed by atoms with van der Waals surface area (Å²) in [6.45, 7) is 2.33. The molecule has 0 aromatic heterocycles. The highest BCUT2D eigenvalue weighted by atomic mass is 19.4. The Kier molecular flexibility index (Phi) is 5.94.